The standard InChI is InChI=1S/C35H42N6O5/c1-7-40(8-2)20-19-36-33(42)26-13-10-14-28(21-26)38-34-37-18-17-31(39-34)41(23-27-22-29(44-5)15-16-30(27)45-6)35(43)46-32-24(3)11-9-12-25(32)4/h9-18,21-22H,7-8,19-20,23H2,1-6H3,(H,36,42)(H,37,38,39). The fourth-order valence-electron chi connectivity index (χ4n) is 4.91. The van der Waals surface area contributed by atoms with Gasteiger partial charge in [-0.05, 0) is 80.5 Å². The lowest BCUT2D eigenvalue weighted by molar-refractivity contribution is 0.0949. The van der Waals surface area contributed by atoms with Crippen LogP contribution in [0.1, 0.15) is 40.9 Å². The number of amides is 2. The number of aryl methyl sites for hydroxylation is 2. The van der Waals surface area contributed by atoms with Crippen molar-refractivity contribution >= 4 is 29.5 Å². The third kappa shape index (κ3) is 8.72. The van der Waals surface area contributed by atoms with Crippen molar-refractivity contribution < 1.29 is 23.8 Å². The first kappa shape index (κ1) is 33.7. The summed E-state index contributed by atoms with van der Waals surface area (Å²) in [4.78, 5) is 39.3. The minimum Gasteiger partial charge on any atom is -0.497 e. The third-order valence-electron chi connectivity index (χ3n) is 7.54. The predicted molar refractivity (Wildman–Crippen MR) is 180 cm³/mol. The van der Waals surface area contributed by atoms with Gasteiger partial charge >= 0.3 is 6.09 Å². The van der Waals surface area contributed by atoms with E-state index in [2.05, 4.69) is 39.3 Å². The number of hydrogen-bond acceptors (Lipinski definition) is 9. The number of anilines is 3. The largest absolute Gasteiger partial charge is 0.497 e. The number of aromatic nitrogens is 2. The molecule has 1 aromatic heterocycles. The number of carbonyl (C=O) groups excluding carboxylic acids is 2. The quantitative estimate of drug-likeness (QED) is 0.170. The van der Waals surface area contributed by atoms with Crippen molar-refractivity contribution in [2.24, 2.45) is 0 Å². The van der Waals surface area contributed by atoms with Crippen LogP contribution in [0, 0.1) is 13.8 Å². The zero-order chi connectivity index (χ0) is 33.1. The molecule has 0 saturated heterocycles. The van der Waals surface area contributed by atoms with E-state index in [1.54, 1.807) is 62.9 Å². The monoisotopic (exact) mass is 626 g/mol. The maximum absolute atomic E-state index is 13.8. The Morgan fingerprint density at radius 1 is 0.891 bits per heavy atom. The van der Waals surface area contributed by atoms with Crippen LogP contribution in [0.25, 0.3) is 0 Å². The summed E-state index contributed by atoms with van der Waals surface area (Å²) in [7, 11) is 3.14. The molecule has 0 radical (unpaired) electrons. The zero-order valence-corrected chi connectivity index (χ0v) is 27.3. The first-order valence-electron chi connectivity index (χ1n) is 15.2. The lowest BCUT2D eigenvalue weighted by atomic mass is 10.1. The maximum atomic E-state index is 13.8. The van der Waals surface area contributed by atoms with Crippen LogP contribution in [0.3, 0.4) is 0 Å². The summed E-state index contributed by atoms with van der Waals surface area (Å²) in [5.41, 5.74) is 3.47. The Hall–Kier alpha value is -5.16. The van der Waals surface area contributed by atoms with Crippen molar-refractivity contribution in [3.63, 3.8) is 0 Å². The number of benzene rings is 3. The summed E-state index contributed by atoms with van der Waals surface area (Å²) in [5, 5.41) is 6.14. The molecule has 0 bridgehead atoms. The molecule has 0 aliphatic carbocycles. The normalized spacial score (nSPS) is 10.8. The molecule has 3 aromatic carbocycles. The fraction of sp³-hybridized carbons (Fsp3) is 0.314. The molecule has 0 unspecified atom stereocenters. The number of likely N-dealkylation sites (N-methyl/N-ethyl adjacent to an activating group) is 1. The third-order valence-corrected chi connectivity index (χ3v) is 7.54. The van der Waals surface area contributed by atoms with E-state index in [4.69, 9.17) is 14.2 Å². The number of ether oxygens (including phenoxy) is 3. The lowest BCUT2D eigenvalue weighted by Gasteiger charge is -2.23. The molecule has 11 nitrogen and oxygen atoms in total. The second kappa shape index (κ2) is 16.2. The number of methoxy groups -OCH3 is 2. The summed E-state index contributed by atoms with van der Waals surface area (Å²) in [6.45, 7) is 11.2. The molecule has 2 N–H and O–H groups in total. The van der Waals surface area contributed by atoms with E-state index < -0.39 is 6.09 Å². The summed E-state index contributed by atoms with van der Waals surface area (Å²) < 4.78 is 17.0. The molecule has 11 heteroatoms. The van der Waals surface area contributed by atoms with Crippen LogP contribution in [0.4, 0.5) is 22.2 Å². The highest BCUT2D eigenvalue weighted by atomic mass is 16.6. The van der Waals surface area contributed by atoms with Crippen LogP contribution < -0.4 is 29.7 Å². The Balaban J connectivity index is 1.60. The van der Waals surface area contributed by atoms with Gasteiger partial charge in [-0.25, -0.2) is 9.78 Å². The van der Waals surface area contributed by atoms with E-state index >= 15 is 0 Å². The van der Waals surface area contributed by atoms with Crippen LogP contribution >= 0.6 is 0 Å². The van der Waals surface area contributed by atoms with Gasteiger partial charge in [0.15, 0.2) is 0 Å². The number of nitrogens with zero attached hydrogens (tertiary/aromatic N) is 4. The van der Waals surface area contributed by atoms with Gasteiger partial charge in [0.25, 0.3) is 5.91 Å². The SMILES string of the molecule is CCN(CC)CCNC(=O)c1cccc(Nc2nccc(N(Cc3cc(OC)ccc3OC)C(=O)Oc3c(C)cccc3C)n2)c1. The number of rotatable bonds is 14. The van der Waals surface area contributed by atoms with Crippen molar-refractivity contribution in [3.05, 3.63) is 95.2 Å². The molecule has 0 aliphatic heterocycles. The highest BCUT2D eigenvalue weighted by molar-refractivity contribution is 5.95. The number of para-hydroxylation sites is 1. The number of carbonyl (C=O) groups is 2. The second-order valence-corrected chi connectivity index (χ2v) is 10.6. The van der Waals surface area contributed by atoms with Crippen LogP contribution in [0.15, 0.2) is 72.9 Å². The molecule has 0 spiro atoms. The highest BCUT2D eigenvalue weighted by Gasteiger charge is 2.24. The van der Waals surface area contributed by atoms with E-state index in [1.807, 2.05) is 38.1 Å². The summed E-state index contributed by atoms with van der Waals surface area (Å²) >= 11 is 0. The van der Waals surface area contributed by atoms with Gasteiger partial charge in [-0.2, -0.15) is 4.98 Å². The molecule has 4 rings (SSSR count). The Labute approximate surface area is 270 Å². The Morgan fingerprint density at radius 2 is 1.63 bits per heavy atom. The topological polar surface area (TPSA) is 118 Å². The van der Waals surface area contributed by atoms with Crippen LogP contribution in [-0.2, 0) is 6.54 Å². The summed E-state index contributed by atoms with van der Waals surface area (Å²) in [6, 6.07) is 19.8. The van der Waals surface area contributed by atoms with Gasteiger partial charge in [-0.3, -0.25) is 9.69 Å². The minimum atomic E-state index is -0.629. The molecular weight excluding hydrogens is 584 g/mol. The first-order chi connectivity index (χ1) is 22.3. The first-order valence-corrected chi connectivity index (χ1v) is 15.2. The molecule has 0 fully saturated rings. The van der Waals surface area contributed by atoms with Crippen molar-refractivity contribution in [1.82, 2.24) is 20.2 Å². The fourth-order valence-corrected chi connectivity index (χ4v) is 4.91. The molecule has 2 amide bonds. The van der Waals surface area contributed by atoms with Crippen molar-refractivity contribution in [3.8, 4) is 17.2 Å². The van der Waals surface area contributed by atoms with Crippen LogP contribution in [-0.4, -0.2) is 67.3 Å². The summed E-state index contributed by atoms with van der Waals surface area (Å²) in [6.07, 6.45) is 0.923. The number of hydrogen-bond donors (Lipinski definition) is 2. The van der Waals surface area contributed by atoms with Gasteiger partial charge in [0.1, 0.15) is 23.1 Å². The van der Waals surface area contributed by atoms with E-state index in [1.165, 1.54) is 4.90 Å². The lowest BCUT2D eigenvalue weighted by Crippen LogP contribution is -2.34. The van der Waals surface area contributed by atoms with E-state index in [0.29, 0.717) is 46.4 Å². The Morgan fingerprint density at radius 3 is 2.33 bits per heavy atom. The average Bonchev–Trinajstić information content (AvgIpc) is 3.07. The van der Waals surface area contributed by atoms with Gasteiger partial charge < -0.3 is 29.7 Å². The molecule has 1 heterocycles. The smallest absolute Gasteiger partial charge is 0.421 e. The molecule has 0 saturated carbocycles. The molecule has 0 atom stereocenters. The van der Waals surface area contributed by atoms with E-state index in [0.717, 1.165) is 30.8 Å². The minimum absolute atomic E-state index is 0.0732. The Bertz CT molecular complexity index is 1620. The highest BCUT2D eigenvalue weighted by Crippen LogP contribution is 2.29. The maximum Gasteiger partial charge on any atom is 0.421 e. The van der Waals surface area contributed by atoms with Crippen molar-refractivity contribution in [2.45, 2.75) is 34.2 Å². The van der Waals surface area contributed by atoms with Crippen molar-refractivity contribution in [2.75, 3.05) is 50.6 Å². The average molecular weight is 627 g/mol. The van der Waals surface area contributed by atoms with Gasteiger partial charge in [0.2, 0.25) is 5.95 Å². The van der Waals surface area contributed by atoms with Gasteiger partial charge in [-0.1, -0.05) is 38.1 Å². The number of nitrogens with one attached hydrogen (secondary N) is 2. The van der Waals surface area contributed by atoms with Gasteiger partial charge in [-0.15, -0.1) is 0 Å². The van der Waals surface area contributed by atoms with Gasteiger partial charge in [0, 0.05) is 36.1 Å². The van der Waals surface area contributed by atoms with Gasteiger partial charge in [0.05, 0.1) is 20.8 Å². The van der Waals surface area contributed by atoms with Crippen LogP contribution in [0.2, 0.25) is 0 Å². The summed E-state index contributed by atoms with van der Waals surface area (Å²) in [5.74, 6) is 2.03. The Kier molecular flexibility index (Phi) is 11.9. The van der Waals surface area contributed by atoms with E-state index in [-0.39, 0.29) is 18.4 Å². The zero-order valence-electron chi connectivity index (χ0n) is 27.3. The van der Waals surface area contributed by atoms with E-state index in [9.17, 15) is 9.59 Å². The predicted octanol–water partition coefficient (Wildman–Crippen LogP) is 6.13. The molecular formula is C35H42N6O5. The molecule has 4 aromatic rings. The molecule has 0 aliphatic rings. The molecule has 46 heavy (non-hydrogen) atoms. The molecule has 242 valence electrons. The second-order valence-electron chi connectivity index (χ2n) is 10.6. The van der Waals surface area contributed by atoms with Crippen LogP contribution in [0.5, 0.6) is 17.2 Å². The van der Waals surface area contributed by atoms with Crippen molar-refractivity contribution in [1.29, 1.82) is 0 Å².